The highest BCUT2D eigenvalue weighted by molar-refractivity contribution is 7.92. The van der Waals surface area contributed by atoms with Gasteiger partial charge in [-0.2, -0.15) is 5.26 Å². The largest absolute Gasteiger partial charge is 0.497 e. The fraction of sp³-hybridized carbons (Fsp3) is 0.435. The Labute approximate surface area is 190 Å². The van der Waals surface area contributed by atoms with Gasteiger partial charge in [-0.25, -0.2) is 8.42 Å². The van der Waals surface area contributed by atoms with Gasteiger partial charge in [-0.1, -0.05) is 12.1 Å². The highest BCUT2D eigenvalue weighted by Crippen LogP contribution is 2.25. The number of aliphatic hydroxyl groups is 1. The Hall–Kier alpha value is -2.80. The Morgan fingerprint density at radius 3 is 2.44 bits per heavy atom. The average molecular weight is 462 g/mol. The van der Waals surface area contributed by atoms with Gasteiger partial charge < -0.3 is 19.9 Å². The Morgan fingerprint density at radius 1 is 1.22 bits per heavy atom. The highest BCUT2D eigenvalue weighted by Gasteiger charge is 2.20. The molecule has 0 saturated heterocycles. The summed E-state index contributed by atoms with van der Waals surface area (Å²) in [5.41, 5.74) is 1.44. The van der Waals surface area contributed by atoms with Crippen molar-refractivity contribution in [3.63, 3.8) is 0 Å². The summed E-state index contributed by atoms with van der Waals surface area (Å²) in [6.07, 6.45) is 1.05. The zero-order chi connectivity index (χ0) is 23.9. The molecule has 0 bridgehead atoms. The molecule has 2 aromatic rings. The molecule has 0 aliphatic rings. The van der Waals surface area contributed by atoms with Crippen LogP contribution in [0, 0.1) is 11.3 Å². The van der Waals surface area contributed by atoms with Crippen molar-refractivity contribution >= 4 is 15.7 Å². The third-order valence-corrected chi connectivity index (χ3v) is 6.20. The van der Waals surface area contributed by atoms with Crippen molar-refractivity contribution in [1.82, 2.24) is 5.32 Å². The van der Waals surface area contributed by atoms with Crippen molar-refractivity contribution < 1.29 is 23.0 Å². The lowest BCUT2D eigenvalue weighted by molar-refractivity contribution is 0.0987. The molecule has 0 amide bonds. The third-order valence-electron chi connectivity index (χ3n) is 5.00. The first-order valence-corrected chi connectivity index (χ1v) is 12.0. The van der Waals surface area contributed by atoms with Crippen molar-refractivity contribution in [2.24, 2.45) is 0 Å². The molecule has 2 N–H and O–H groups in total. The van der Waals surface area contributed by atoms with E-state index in [2.05, 4.69) is 19.2 Å². The molecule has 0 aliphatic carbocycles. The van der Waals surface area contributed by atoms with Crippen molar-refractivity contribution in [2.45, 2.75) is 31.9 Å². The van der Waals surface area contributed by atoms with Crippen LogP contribution in [0.4, 0.5) is 5.69 Å². The summed E-state index contributed by atoms with van der Waals surface area (Å²) >= 11 is 0. The van der Waals surface area contributed by atoms with E-state index < -0.39 is 16.1 Å². The minimum Gasteiger partial charge on any atom is -0.497 e. The van der Waals surface area contributed by atoms with Gasteiger partial charge >= 0.3 is 0 Å². The molecule has 174 valence electrons. The van der Waals surface area contributed by atoms with Gasteiger partial charge in [0.25, 0.3) is 0 Å². The quantitative estimate of drug-likeness (QED) is 0.528. The van der Waals surface area contributed by atoms with E-state index in [4.69, 9.17) is 9.47 Å². The molecule has 32 heavy (non-hydrogen) atoms. The first-order valence-electron chi connectivity index (χ1n) is 10.1. The number of sulfonamides is 1. The molecule has 0 unspecified atom stereocenters. The van der Waals surface area contributed by atoms with Crippen LogP contribution >= 0.6 is 0 Å². The van der Waals surface area contributed by atoms with Crippen molar-refractivity contribution in [3.05, 3.63) is 53.6 Å². The van der Waals surface area contributed by atoms with E-state index in [9.17, 15) is 18.8 Å². The summed E-state index contributed by atoms with van der Waals surface area (Å²) in [6, 6.07) is 14.4. The van der Waals surface area contributed by atoms with Gasteiger partial charge in [-0.15, -0.1) is 0 Å². The van der Waals surface area contributed by atoms with Gasteiger partial charge in [0, 0.05) is 19.1 Å². The summed E-state index contributed by atoms with van der Waals surface area (Å²) in [5, 5.41) is 23.1. The second kappa shape index (κ2) is 10.7. The minimum absolute atomic E-state index is 0.0123. The summed E-state index contributed by atoms with van der Waals surface area (Å²) in [7, 11) is -0.395. The van der Waals surface area contributed by atoms with Crippen molar-refractivity contribution in [2.75, 3.05) is 37.9 Å². The molecule has 0 radical (unpaired) electrons. The zero-order valence-corrected chi connectivity index (χ0v) is 19.9. The molecule has 0 spiro atoms. The molecule has 0 aromatic heterocycles. The van der Waals surface area contributed by atoms with Crippen LogP contribution in [-0.4, -0.2) is 58.7 Å². The second-order valence-corrected chi connectivity index (χ2v) is 10.3. The fourth-order valence-electron chi connectivity index (χ4n) is 3.07. The molecule has 2 aromatic carbocycles. The molecular formula is C23H31N3O5S. The maximum atomic E-state index is 11.7. The van der Waals surface area contributed by atoms with E-state index >= 15 is 0 Å². The van der Waals surface area contributed by atoms with E-state index in [0.717, 1.165) is 28.3 Å². The number of anilines is 1. The predicted molar refractivity (Wildman–Crippen MR) is 125 cm³/mol. The average Bonchev–Trinajstić information content (AvgIpc) is 2.75. The molecule has 0 saturated carbocycles. The second-order valence-electron chi connectivity index (χ2n) is 8.28. The van der Waals surface area contributed by atoms with Crippen LogP contribution in [0.3, 0.4) is 0 Å². The molecule has 0 fully saturated rings. The third kappa shape index (κ3) is 7.41. The Kier molecular flexibility index (Phi) is 8.50. The summed E-state index contributed by atoms with van der Waals surface area (Å²) in [5.74, 6) is 1.09. The summed E-state index contributed by atoms with van der Waals surface area (Å²) in [4.78, 5) is 0. The molecule has 2 rings (SSSR count). The van der Waals surface area contributed by atoms with E-state index in [0.29, 0.717) is 12.2 Å². The van der Waals surface area contributed by atoms with Crippen LogP contribution in [0.5, 0.6) is 11.5 Å². The van der Waals surface area contributed by atoms with E-state index in [1.165, 1.54) is 19.2 Å². The lowest BCUT2D eigenvalue weighted by Crippen LogP contribution is -2.46. The van der Waals surface area contributed by atoms with Crippen molar-refractivity contribution in [1.29, 1.82) is 5.26 Å². The number of ether oxygens (including phenoxy) is 2. The number of hydrogen-bond acceptors (Lipinski definition) is 7. The standard InChI is InChI=1S/C23H31N3O5S/c1-23(2,13-17-6-9-21(30-4)10-7-17)25-15-20(27)16-31-22-11-8-19(12-18(22)14-24)26(3)32(5,28)29/h6-12,20,25,27H,13,15-16H2,1-5H3/t20-/m1/s1. The van der Waals surface area contributed by atoms with Crippen LogP contribution in [0.2, 0.25) is 0 Å². The van der Waals surface area contributed by atoms with Crippen LogP contribution < -0.4 is 19.1 Å². The van der Waals surface area contributed by atoms with Gasteiger partial charge in [-0.05, 0) is 56.2 Å². The number of aliphatic hydroxyl groups excluding tert-OH is 1. The molecule has 9 heteroatoms. The van der Waals surface area contributed by atoms with Gasteiger partial charge in [-0.3, -0.25) is 4.31 Å². The highest BCUT2D eigenvalue weighted by atomic mass is 32.2. The molecule has 1 atom stereocenters. The van der Waals surface area contributed by atoms with Gasteiger partial charge in [0.2, 0.25) is 10.0 Å². The number of hydrogen-bond donors (Lipinski definition) is 2. The SMILES string of the molecule is COc1ccc(CC(C)(C)NC[C@@H](O)COc2ccc(N(C)S(C)(=O)=O)cc2C#N)cc1. The predicted octanol–water partition coefficient (Wildman–Crippen LogP) is 2.31. The van der Waals surface area contributed by atoms with Gasteiger partial charge in [0.1, 0.15) is 30.3 Å². The number of nitriles is 1. The first kappa shape index (κ1) is 25.5. The maximum absolute atomic E-state index is 11.7. The zero-order valence-electron chi connectivity index (χ0n) is 19.1. The van der Waals surface area contributed by atoms with E-state index in [1.54, 1.807) is 13.2 Å². The normalized spacial score (nSPS) is 12.7. The lowest BCUT2D eigenvalue weighted by Gasteiger charge is -2.28. The smallest absolute Gasteiger partial charge is 0.231 e. The van der Waals surface area contributed by atoms with Crippen LogP contribution in [0.15, 0.2) is 42.5 Å². The van der Waals surface area contributed by atoms with E-state index in [-0.39, 0.29) is 23.5 Å². The number of β-amino-alcohol motifs (C(OH)–C–C–N with tert-alkyl or cyclic N) is 1. The number of nitrogens with one attached hydrogen (secondary N) is 1. The van der Waals surface area contributed by atoms with Gasteiger partial charge in [0.05, 0.1) is 24.6 Å². The monoisotopic (exact) mass is 461 g/mol. The van der Waals surface area contributed by atoms with Crippen LogP contribution in [0.25, 0.3) is 0 Å². The molecule has 0 heterocycles. The van der Waals surface area contributed by atoms with Crippen molar-refractivity contribution in [3.8, 4) is 17.6 Å². The first-order chi connectivity index (χ1) is 14.9. The summed E-state index contributed by atoms with van der Waals surface area (Å²) in [6.45, 7) is 4.40. The summed E-state index contributed by atoms with van der Waals surface area (Å²) < 4.78 is 35.3. The Bertz CT molecular complexity index is 1050. The number of benzene rings is 2. The molecule has 8 nitrogen and oxygen atoms in total. The minimum atomic E-state index is -3.44. The van der Waals surface area contributed by atoms with Crippen LogP contribution in [-0.2, 0) is 16.4 Å². The Balaban J connectivity index is 1.91. The molecule has 0 aliphatic heterocycles. The van der Waals surface area contributed by atoms with Gasteiger partial charge in [0.15, 0.2) is 0 Å². The number of nitrogens with zero attached hydrogens (tertiary/aromatic N) is 2. The Morgan fingerprint density at radius 2 is 1.88 bits per heavy atom. The number of methoxy groups -OCH3 is 1. The molecular weight excluding hydrogens is 430 g/mol. The lowest BCUT2D eigenvalue weighted by atomic mass is 9.94. The van der Waals surface area contributed by atoms with Crippen LogP contribution in [0.1, 0.15) is 25.0 Å². The topological polar surface area (TPSA) is 112 Å². The maximum Gasteiger partial charge on any atom is 0.231 e. The number of rotatable bonds is 11. The fourth-order valence-corrected chi connectivity index (χ4v) is 3.57. The van der Waals surface area contributed by atoms with E-state index in [1.807, 2.05) is 30.3 Å².